The van der Waals surface area contributed by atoms with Gasteiger partial charge in [0.25, 0.3) is 5.97 Å². The Morgan fingerprint density at radius 1 is 1.19 bits per heavy atom. The zero-order chi connectivity index (χ0) is 30.0. The molecule has 2 heterocycles. The first-order valence-electron chi connectivity index (χ1n) is 14.3. The van der Waals surface area contributed by atoms with Crippen molar-refractivity contribution in [2.24, 2.45) is 17.8 Å². The SMILES string of the molecule is COC(O)(OCc1conc1-c1c(Cl)ccc(C2CC2)c1Cl)C1CC2CCC(C1)C2c1nc2c(F)cc(C(=O)O)cc2s1. The van der Waals surface area contributed by atoms with Gasteiger partial charge >= 0.3 is 5.97 Å². The van der Waals surface area contributed by atoms with Crippen LogP contribution in [0.2, 0.25) is 10.0 Å². The lowest BCUT2D eigenvalue weighted by atomic mass is 9.72. The van der Waals surface area contributed by atoms with Crippen LogP contribution in [0.4, 0.5) is 4.39 Å². The number of aromatic carboxylic acids is 1. The Hall–Kier alpha value is -2.60. The van der Waals surface area contributed by atoms with E-state index in [9.17, 15) is 19.4 Å². The normalized spacial score (nSPS) is 24.9. The van der Waals surface area contributed by atoms with Gasteiger partial charge in [-0.3, -0.25) is 0 Å². The third-order valence-corrected chi connectivity index (χ3v) is 11.2. The number of nitrogens with zero attached hydrogens (tertiary/aromatic N) is 2. The molecule has 7 rings (SSSR count). The van der Waals surface area contributed by atoms with Crippen LogP contribution < -0.4 is 0 Å². The van der Waals surface area contributed by atoms with Crippen LogP contribution in [0.25, 0.3) is 21.5 Å². The summed E-state index contributed by atoms with van der Waals surface area (Å²) in [6.45, 7) is -0.0399. The van der Waals surface area contributed by atoms with E-state index < -0.39 is 17.8 Å². The number of carboxylic acids is 1. The lowest BCUT2D eigenvalue weighted by molar-refractivity contribution is -0.387. The molecule has 0 saturated heterocycles. The van der Waals surface area contributed by atoms with Crippen LogP contribution in [0.15, 0.2) is 35.1 Å². The highest BCUT2D eigenvalue weighted by atomic mass is 35.5. The molecule has 3 saturated carbocycles. The number of thiazole rings is 1. The highest BCUT2D eigenvalue weighted by molar-refractivity contribution is 7.18. The predicted octanol–water partition coefficient (Wildman–Crippen LogP) is 8.00. The highest BCUT2D eigenvalue weighted by Gasteiger charge is 2.52. The molecule has 3 aliphatic rings. The number of aromatic nitrogens is 2. The third kappa shape index (κ3) is 5.15. The van der Waals surface area contributed by atoms with Crippen LogP contribution in [-0.2, 0) is 16.1 Å². The third-order valence-electron chi connectivity index (χ3n) is 9.36. The van der Waals surface area contributed by atoms with Crippen molar-refractivity contribution in [3.05, 3.63) is 68.1 Å². The number of halogens is 3. The molecular weight excluding hydrogens is 618 g/mol. The Morgan fingerprint density at radius 2 is 1.93 bits per heavy atom. The number of carbonyl (C=O) groups is 1. The second-order valence-corrected chi connectivity index (χ2v) is 13.7. The molecule has 4 aromatic rings. The zero-order valence-corrected chi connectivity index (χ0v) is 25.5. The Morgan fingerprint density at radius 3 is 2.60 bits per heavy atom. The van der Waals surface area contributed by atoms with E-state index in [1.165, 1.54) is 30.8 Å². The molecule has 3 unspecified atom stereocenters. The summed E-state index contributed by atoms with van der Waals surface area (Å²) in [4.78, 5) is 16.0. The molecule has 0 spiro atoms. The number of aliphatic hydroxyl groups is 1. The Bertz CT molecular complexity index is 1710. The average molecular weight is 648 g/mol. The van der Waals surface area contributed by atoms with E-state index in [1.54, 1.807) is 0 Å². The summed E-state index contributed by atoms with van der Waals surface area (Å²) < 4.78 is 32.2. The molecule has 2 aromatic carbocycles. The van der Waals surface area contributed by atoms with Crippen molar-refractivity contribution in [3.63, 3.8) is 0 Å². The molecule has 8 nitrogen and oxygen atoms in total. The standard InChI is InChI=1S/C31H29Cl2FN2O6S/c1-40-31(39,41-12-18-13-42-36-27(18)25-21(32)7-6-20(26(25)33)14-2-3-14)19-8-15-4-5-16(9-19)24(15)29-35-28-22(34)10-17(30(37)38)11-23(28)43-29/h6-7,10-11,13-16,19,24,39H,2-5,8-9,12H2,1H3,(H,37,38). The molecule has 2 bridgehead atoms. The van der Waals surface area contributed by atoms with Gasteiger partial charge in [0.05, 0.1) is 31.9 Å². The fraction of sp³-hybridized carbons (Fsp3) is 0.452. The molecule has 2 N–H and O–H groups in total. The topological polar surface area (TPSA) is 115 Å². The molecule has 226 valence electrons. The van der Waals surface area contributed by atoms with Crippen LogP contribution in [0.1, 0.15) is 76.9 Å². The lowest BCUT2D eigenvalue weighted by Crippen LogP contribution is -2.46. The van der Waals surface area contributed by atoms with Gasteiger partial charge in [-0.05, 0) is 80.0 Å². The maximum absolute atomic E-state index is 14.7. The van der Waals surface area contributed by atoms with Crippen LogP contribution in [0.5, 0.6) is 0 Å². The van der Waals surface area contributed by atoms with Gasteiger partial charge in [0, 0.05) is 30.1 Å². The van der Waals surface area contributed by atoms with Crippen molar-refractivity contribution in [2.45, 2.75) is 62.9 Å². The van der Waals surface area contributed by atoms with E-state index in [0.29, 0.717) is 50.3 Å². The van der Waals surface area contributed by atoms with E-state index in [1.807, 2.05) is 12.1 Å². The fourth-order valence-corrected chi connectivity index (χ4v) is 9.10. The first-order chi connectivity index (χ1) is 20.7. The van der Waals surface area contributed by atoms with Crippen LogP contribution >= 0.6 is 34.5 Å². The second-order valence-electron chi connectivity index (χ2n) is 11.9. The van der Waals surface area contributed by atoms with E-state index in [0.717, 1.165) is 42.3 Å². The quantitative estimate of drug-likeness (QED) is 0.176. The van der Waals surface area contributed by atoms with Crippen molar-refractivity contribution in [3.8, 4) is 11.3 Å². The summed E-state index contributed by atoms with van der Waals surface area (Å²) >= 11 is 14.7. The van der Waals surface area contributed by atoms with Gasteiger partial charge in [-0.25, -0.2) is 14.2 Å². The van der Waals surface area contributed by atoms with E-state index in [-0.39, 0.29) is 41.4 Å². The first-order valence-corrected chi connectivity index (χ1v) is 15.9. The van der Waals surface area contributed by atoms with Gasteiger partial charge in [-0.1, -0.05) is 34.4 Å². The van der Waals surface area contributed by atoms with Gasteiger partial charge in [0.15, 0.2) is 5.82 Å². The number of fused-ring (bicyclic) bond motifs is 3. The lowest BCUT2D eigenvalue weighted by Gasteiger charge is -2.41. The number of rotatable bonds is 9. The summed E-state index contributed by atoms with van der Waals surface area (Å²) in [7, 11) is 1.42. The van der Waals surface area contributed by atoms with Crippen molar-refractivity contribution >= 4 is 50.7 Å². The number of ether oxygens (including phenoxy) is 2. The van der Waals surface area contributed by atoms with Crippen LogP contribution in [-0.4, -0.2) is 39.4 Å². The predicted molar refractivity (Wildman–Crippen MR) is 159 cm³/mol. The minimum atomic E-state index is -1.86. The van der Waals surface area contributed by atoms with Gasteiger partial charge in [-0.2, -0.15) is 0 Å². The van der Waals surface area contributed by atoms with Crippen LogP contribution in [0.3, 0.4) is 0 Å². The summed E-state index contributed by atoms with van der Waals surface area (Å²) in [6.07, 6.45) is 6.77. The molecule has 3 aliphatic carbocycles. The number of methoxy groups -OCH3 is 1. The molecular formula is C31H29Cl2FN2O6S. The molecule has 0 aliphatic heterocycles. The van der Waals surface area contributed by atoms with Crippen molar-refractivity contribution in [2.75, 3.05) is 7.11 Å². The molecule has 3 atom stereocenters. The Labute approximate surface area is 260 Å². The number of benzene rings is 2. The van der Waals surface area contributed by atoms with E-state index in [4.69, 9.17) is 37.2 Å². The Kier molecular flexibility index (Phi) is 7.51. The number of carboxylic acid groups (broad SMARTS) is 1. The first kappa shape index (κ1) is 29.1. The number of hydrogen-bond acceptors (Lipinski definition) is 8. The summed E-state index contributed by atoms with van der Waals surface area (Å²) in [5.74, 6) is -3.10. The average Bonchev–Trinajstić information content (AvgIpc) is 3.45. The maximum Gasteiger partial charge on any atom is 0.335 e. The highest BCUT2D eigenvalue weighted by Crippen LogP contribution is 2.57. The smallest absolute Gasteiger partial charge is 0.335 e. The molecule has 43 heavy (non-hydrogen) atoms. The second kappa shape index (κ2) is 11.1. The minimum Gasteiger partial charge on any atom is -0.478 e. The zero-order valence-electron chi connectivity index (χ0n) is 23.2. The monoisotopic (exact) mass is 646 g/mol. The fourth-order valence-electron chi connectivity index (χ4n) is 7.09. The molecule has 0 amide bonds. The van der Waals surface area contributed by atoms with Crippen molar-refractivity contribution < 1.29 is 33.4 Å². The molecule has 12 heteroatoms. The van der Waals surface area contributed by atoms with Crippen molar-refractivity contribution in [1.29, 1.82) is 0 Å². The molecule has 2 aromatic heterocycles. The van der Waals surface area contributed by atoms with Crippen molar-refractivity contribution in [1.82, 2.24) is 10.1 Å². The molecule has 0 radical (unpaired) electrons. The van der Waals surface area contributed by atoms with Gasteiger partial charge in [0.1, 0.15) is 17.5 Å². The summed E-state index contributed by atoms with van der Waals surface area (Å²) in [5, 5.41) is 26.9. The number of hydrogen-bond donors (Lipinski definition) is 2. The van der Waals surface area contributed by atoms with Gasteiger partial charge < -0.3 is 24.2 Å². The minimum absolute atomic E-state index is 0.0399. The van der Waals surface area contributed by atoms with Gasteiger partial charge in [-0.15, -0.1) is 11.3 Å². The summed E-state index contributed by atoms with van der Waals surface area (Å²) in [6, 6.07) is 6.27. The summed E-state index contributed by atoms with van der Waals surface area (Å²) in [5.41, 5.74) is 2.79. The van der Waals surface area contributed by atoms with Crippen LogP contribution in [0, 0.1) is 23.6 Å². The maximum atomic E-state index is 14.7. The molecule has 3 fully saturated rings. The van der Waals surface area contributed by atoms with Gasteiger partial charge in [0.2, 0.25) is 0 Å². The van der Waals surface area contributed by atoms with E-state index in [2.05, 4.69) is 10.1 Å². The Balaban J connectivity index is 1.10. The largest absolute Gasteiger partial charge is 0.478 e. The van der Waals surface area contributed by atoms with E-state index >= 15 is 0 Å².